The maximum absolute atomic E-state index is 8.94. The molecule has 0 radical (unpaired) electrons. The van der Waals surface area contributed by atoms with E-state index in [-0.39, 0.29) is 0 Å². The van der Waals surface area contributed by atoms with E-state index in [1.54, 1.807) is 4.52 Å². The molecule has 3 aromatic rings. The van der Waals surface area contributed by atoms with Crippen molar-refractivity contribution in [3.05, 3.63) is 53.5 Å². The molecule has 0 saturated carbocycles. The molecule has 24 heavy (non-hydrogen) atoms. The third kappa shape index (κ3) is 3.20. The van der Waals surface area contributed by atoms with Gasteiger partial charge in [-0.3, -0.25) is 0 Å². The number of fused-ring (bicyclic) bond motifs is 1. The fourth-order valence-electron chi connectivity index (χ4n) is 2.70. The van der Waals surface area contributed by atoms with Gasteiger partial charge in [-0.25, -0.2) is 4.98 Å². The van der Waals surface area contributed by atoms with Gasteiger partial charge in [0.15, 0.2) is 0 Å². The summed E-state index contributed by atoms with van der Waals surface area (Å²) in [6, 6.07) is 12.0. The molecule has 122 valence electrons. The molecule has 0 atom stereocenters. The Morgan fingerprint density at radius 1 is 1.21 bits per heavy atom. The molecule has 0 N–H and O–H groups in total. The van der Waals surface area contributed by atoms with Gasteiger partial charge in [0.05, 0.1) is 11.6 Å². The number of anilines is 1. The van der Waals surface area contributed by atoms with Gasteiger partial charge in [-0.05, 0) is 30.5 Å². The van der Waals surface area contributed by atoms with E-state index in [0.717, 1.165) is 43.0 Å². The molecule has 0 unspecified atom stereocenters. The van der Waals surface area contributed by atoms with Gasteiger partial charge in [0.1, 0.15) is 12.1 Å². The van der Waals surface area contributed by atoms with Crippen molar-refractivity contribution in [3.8, 4) is 6.07 Å². The molecular weight excluding hydrogens is 300 g/mol. The van der Waals surface area contributed by atoms with Crippen molar-refractivity contribution in [1.82, 2.24) is 19.6 Å². The van der Waals surface area contributed by atoms with Gasteiger partial charge in [-0.15, -0.1) is 0 Å². The molecule has 1 aromatic carbocycles. The molecule has 0 aliphatic heterocycles. The first-order valence-corrected chi connectivity index (χ1v) is 8.18. The summed E-state index contributed by atoms with van der Waals surface area (Å²) in [7, 11) is 0. The number of rotatable bonds is 6. The number of nitrogens with zero attached hydrogens (tertiary/aromatic N) is 6. The number of hydrogen-bond donors (Lipinski definition) is 0. The smallest absolute Gasteiger partial charge is 0.254 e. The Morgan fingerprint density at radius 3 is 2.67 bits per heavy atom. The highest BCUT2D eigenvalue weighted by atomic mass is 15.4. The van der Waals surface area contributed by atoms with E-state index in [0.29, 0.717) is 11.3 Å². The van der Waals surface area contributed by atoms with Gasteiger partial charge in [0.2, 0.25) is 0 Å². The highest BCUT2D eigenvalue weighted by Gasteiger charge is 2.14. The number of aromatic nitrogens is 4. The average molecular weight is 320 g/mol. The maximum Gasteiger partial charge on any atom is 0.254 e. The van der Waals surface area contributed by atoms with Crippen molar-refractivity contribution in [1.29, 1.82) is 5.26 Å². The first kappa shape index (κ1) is 15.9. The van der Waals surface area contributed by atoms with Crippen LogP contribution in [0.15, 0.2) is 36.7 Å². The quantitative estimate of drug-likeness (QED) is 0.698. The van der Waals surface area contributed by atoms with Crippen LogP contribution in [0.1, 0.15) is 37.1 Å². The Labute approximate surface area is 141 Å². The normalized spacial score (nSPS) is 10.7. The number of benzene rings is 1. The van der Waals surface area contributed by atoms with E-state index in [2.05, 4.69) is 45.9 Å². The van der Waals surface area contributed by atoms with Gasteiger partial charge in [-0.1, -0.05) is 26.0 Å². The minimum absolute atomic E-state index is 0.630. The van der Waals surface area contributed by atoms with E-state index < -0.39 is 0 Å². The largest absolute Gasteiger partial charge is 0.352 e. The second-order valence-electron chi connectivity index (χ2n) is 5.66. The molecule has 0 fully saturated rings. The number of hydrogen-bond acceptors (Lipinski definition) is 5. The van der Waals surface area contributed by atoms with Gasteiger partial charge in [0.25, 0.3) is 5.78 Å². The summed E-state index contributed by atoms with van der Waals surface area (Å²) in [4.78, 5) is 11.0. The zero-order chi connectivity index (χ0) is 16.9. The van der Waals surface area contributed by atoms with Crippen LogP contribution in [0.2, 0.25) is 0 Å². The zero-order valence-corrected chi connectivity index (χ0v) is 14.0. The number of aryl methyl sites for hydroxylation is 1. The second kappa shape index (κ2) is 7.09. The minimum atomic E-state index is 0.630. The molecule has 2 aromatic heterocycles. The first-order chi connectivity index (χ1) is 11.7. The Balaban J connectivity index is 1.98. The lowest BCUT2D eigenvalue weighted by Crippen LogP contribution is -2.26. The molecule has 0 amide bonds. The fraction of sp³-hybridized carbons (Fsp3) is 0.333. The summed E-state index contributed by atoms with van der Waals surface area (Å²) in [6.07, 6.45) is 3.42. The SMILES string of the molecule is CCCN(Cc1ccc(C#N)cc1)c1cc(CC)nc2ncnn12. The molecule has 0 bridgehead atoms. The van der Waals surface area contributed by atoms with Crippen LogP contribution in [0.25, 0.3) is 5.78 Å². The Hall–Kier alpha value is -2.94. The third-order valence-corrected chi connectivity index (χ3v) is 3.92. The summed E-state index contributed by atoms with van der Waals surface area (Å²) in [5, 5.41) is 13.3. The maximum atomic E-state index is 8.94. The predicted molar refractivity (Wildman–Crippen MR) is 92.7 cm³/mol. The summed E-state index contributed by atoms with van der Waals surface area (Å²) in [5.41, 5.74) is 2.84. The summed E-state index contributed by atoms with van der Waals surface area (Å²) < 4.78 is 1.79. The minimum Gasteiger partial charge on any atom is -0.352 e. The summed E-state index contributed by atoms with van der Waals surface area (Å²) in [5.74, 6) is 1.63. The lowest BCUT2D eigenvalue weighted by atomic mass is 10.1. The average Bonchev–Trinajstić information content (AvgIpc) is 3.09. The monoisotopic (exact) mass is 320 g/mol. The van der Waals surface area contributed by atoms with E-state index >= 15 is 0 Å². The van der Waals surface area contributed by atoms with Crippen LogP contribution in [0.3, 0.4) is 0 Å². The third-order valence-electron chi connectivity index (χ3n) is 3.92. The summed E-state index contributed by atoms with van der Waals surface area (Å²) >= 11 is 0. The van der Waals surface area contributed by atoms with E-state index in [1.807, 2.05) is 24.3 Å². The van der Waals surface area contributed by atoms with Crippen LogP contribution in [0.4, 0.5) is 5.82 Å². The molecule has 0 aliphatic carbocycles. The highest BCUT2D eigenvalue weighted by Crippen LogP contribution is 2.20. The van der Waals surface area contributed by atoms with Gasteiger partial charge < -0.3 is 4.90 Å². The van der Waals surface area contributed by atoms with Crippen LogP contribution >= 0.6 is 0 Å². The van der Waals surface area contributed by atoms with Crippen molar-refractivity contribution in [2.45, 2.75) is 33.2 Å². The topological polar surface area (TPSA) is 70.1 Å². The Kier molecular flexibility index (Phi) is 4.71. The molecular formula is C18H20N6. The predicted octanol–water partition coefficient (Wildman–Crippen LogP) is 2.97. The van der Waals surface area contributed by atoms with Crippen LogP contribution in [-0.2, 0) is 13.0 Å². The van der Waals surface area contributed by atoms with E-state index in [9.17, 15) is 0 Å². The Morgan fingerprint density at radius 2 is 2.00 bits per heavy atom. The van der Waals surface area contributed by atoms with Gasteiger partial charge in [0, 0.05) is 24.8 Å². The standard InChI is InChI=1S/C18H20N6/c1-3-9-23(12-15-7-5-14(11-19)6-8-15)17-10-16(4-2)22-18-20-13-21-24(17)18/h5-8,10,13H,3-4,9,12H2,1-2H3. The molecule has 0 saturated heterocycles. The van der Waals surface area contributed by atoms with Crippen LogP contribution in [-0.4, -0.2) is 26.1 Å². The lowest BCUT2D eigenvalue weighted by Gasteiger charge is -2.25. The van der Waals surface area contributed by atoms with Gasteiger partial charge in [-0.2, -0.15) is 19.9 Å². The molecule has 0 spiro atoms. The van der Waals surface area contributed by atoms with Crippen molar-refractivity contribution in [2.75, 3.05) is 11.4 Å². The van der Waals surface area contributed by atoms with Crippen LogP contribution < -0.4 is 4.90 Å². The number of nitriles is 1. The lowest BCUT2D eigenvalue weighted by molar-refractivity contribution is 0.728. The van der Waals surface area contributed by atoms with Crippen molar-refractivity contribution < 1.29 is 0 Å². The van der Waals surface area contributed by atoms with Crippen LogP contribution in [0, 0.1) is 11.3 Å². The van der Waals surface area contributed by atoms with Crippen LogP contribution in [0.5, 0.6) is 0 Å². The van der Waals surface area contributed by atoms with Crippen molar-refractivity contribution in [2.24, 2.45) is 0 Å². The van der Waals surface area contributed by atoms with E-state index in [1.165, 1.54) is 6.33 Å². The van der Waals surface area contributed by atoms with Crippen molar-refractivity contribution >= 4 is 11.6 Å². The van der Waals surface area contributed by atoms with E-state index in [4.69, 9.17) is 5.26 Å². The molecule has 6 heteroatoms. The first-order valence-electron chi connectivity index (χ1n) is 8.18. The zero-order valence-electron chi connectivity index (χ0n) is 14.0. The Bertz CT molecular complexity index is 859. The molecule has 0 aliphatic rings. The van der Waals surface area contributed by atoms with Crippen molar-refractivity contribution in [3.63, 3.8) is 0 Å². The molecule has 6 nitrogen and oxygen atoms in total. The summed E-state index contributed by atoms with van der Waals surface area (Å²) in [6.45, 7) is 5.90. The second-order valence-corrected chi connectivity index (χ2v) is 5.66. The molecule has 2 heterocycles. The van der Waals surface area contributed by atoms with Gasteiger partial charge >= 0.3 is 0 Å². The molecule has 3 rings (SSSR count). The highest BCUT2D eigenvalue weighted by molar-refractivity contribution is 5.48. The fourth-order valence-corrected chi connectivity index (χ4v) is 2.70.